The van der Waals surface area contributed by atoms with Crippen LogP contribution < -0.4 is 5.73 Å². The Morgan fingerprint density at radius 3 is 2.53 bits per heavy atom. The molecule has 17 heavy (non-hydrogen) atoms. The Balaban J connectivity index is 1.92. The second-order valence-corrected chi connectivity index (χ2v) is 5.15. The zero-order valence-corrected chi connectivity index (χ0v) is 10.5. The van der Waals surface area contributed by atoms with Gasteiger partial charge < -0.3 is 15.0 Å². The molecule has 2 aliphatic rings. The highest BCUT2D eigenvalue weighted by Crippen LogP contribution is 2.42. The molecule has 1 aromatic rings. The highest BCUT2D eigenvalue weighted by molar-refractivity contribution is 5.42. The van der Waals surface area contributed by atoms with Crippen LogP contribution in [-0.4, -0.2) is 22.8 Å². The molecule has 0 radical (unpaired) electrons. The van der Waals surface area contributed by atoms with Crippen molar-refractivity contribution in [1.82, 2.24) is 9.55 Å². The zero-order chi connectivity index (χ0) is 11.8. The van der Waals surface area contributed by atoms with Gasteiger partial charge in [-0.2, -0.15) is 0 Å². The van der Waals surface area contributed by atoms with Crippen LogP contribution in [0, 0.1) is 0 Å². The Kier molecular flexibility index (Phi) is 2.82. The van der Waals surface area contributed by atoms with E-state index in [1.165, 1.54) is 18.7 Å². The molecule has 3 rings (SSSR count). The van der Waals surface area contributed by atoms with Crippen LogP contribution in [0.2, 0.25) is 0 Å². The molecular weight excluding hydrogens is 214 g/mol. The summed E-state index contributed by atoms with van der Waals surface area (Å²) < 4.78 is 7.62. The molecule has 94 valence electrons. The molecule has 0 spiro atoms. The highest BCUT2D eigenvalue weighted by atomic mass is 16.5. The van der Waals surface area contributed by atoms with Gasteiger partial charge in [-0.25, -0.2) is 4.98 Å². The number of nitrogen functional groups attached to an aromatic ring is 1. The predicted octanol–water partition coefficient (Wildman–Crippen LogP) is 2.26. The largest absolute Gasteiger partial charge is 0.384 e. The van der Waals surface area contributed by atoms with Gasteiger partial charge in [0.2, 0.25) is 0 Å². The Morgan fingerprint density at radius 1 is 1.24 bits per heavy atom. The van der Waals surface area contributed by atoms with Crippen LogP contribution in [0.3, 0.4) is 0 Å². The van der Waals surface area contributed by atoms with Crippen LogP contribution in [0.1, 0.15) is 56.0 Å². The van der Waals surface area contributed by atoms with Crippen LogP contribution >= 0.6 is 0 Å². The average molecular weight is 235 g/mol. The van der Waals surface area contributed by atoms with Gasteiger partial charge in [0.05, 0.1) is 5.69 Å². The third kappa shape index (κ3) is 1.95. The van der Waals surface area contributed by atoms with Crippen molar-refractivity contribution in [3.63, 3.8) is 0 Å². The van der Waals surface area contributed by atoms with Gasteiger partial charge >= 0.3 is 0 Å². The molecule has 2 heterocycles. The smallest absolute Gasteiger partial charge is 0.127 e. The maximum atomic E-state index is 6.27. The maximum Gasteiger partial charge on any atom is 0.127 e. The van der Waals surface area contributed by atoms with E-state index in [4.69, 9.17) is 15.5 Å². The number of nitrogens with zero attached hydrogens (tertiary/aromatic N) is 2. The molecule has 1 saturated heterocycles. The number of nitrogens with two attached hydrogens (primary N) is 1. The standard InChI is InChI=1S/C13H21N3O/c1-2-16-12(14)11(9-5-7-17-8-6-9)15-13(16)10-3-4-10/h9-10H,2-8,14H2,1H3. The first-order valence-electron chi connectivity index (χ1n) is 6.74. The topological polar surface area (TPSA) is 53.1 Å². The summed E-state index contributed by atoms with van der Waals surface area (Å²) in [6.45, 7) is 4.79. The number of rotatable bonds is 3. The normalized spacial score (nSPS) is 21.9. The van der Waals surface area contributed by atoms with Crippen molar-refractivity contribution in [3.8, 4) is 0 Å². The predicted molar refractivity (Wildman–Crippen MR) is 67.1 cm³/mol. The molecule has 0 aromatic carbocycles. The number of hydrogen-bond acceptors (Lipinski definition) is 3. The van der Waals surface area contributed by atoms with Gasteiger partial charge in [-0.3, -0.25) is 0 Å². The number of aromatic nitrogens is 2. The molecule has 0 amide bonds. The first-order chi connectivity index (χ1) is 8.31. The molecular formula is C13H21N3O. The van der Waals surface area contributed by atoms with E-state index in [1.54, 1.807) is 0 Å². The summed E-state index contributed by atoms with van der Waals surface area (Å²) in [6.07, 6.45) is 4.69. The van der Waals surface area contributed by atoms with Crippen molar-refractivity contribution in [2.24, 2.45) is 0 Å². The van der Waals surface area contributed by atoms with Crippen molar-refractivity contribution < 1.29 is 4.74 Å². The van der Waals surface area contributed by atoms with Crippen molar-refractivity contribution in [3.05, 3.63) is 11.5 Å². The summed E-state index contributed by atoms with van der Waals surface area (Å²) >= 11 is 0. The molecule has 1 aliphatic carbocycles. The minimum atomic E-state index is 0.508. The lowest BCUT2D eigenvalue weighted by molar-refractivity contribution is 0.0847. The lowest BCUT2D eigenvalue weighted by Crippen LogP contribution is -2.15. The first kappa shape index (κ1) is 11.1. The summed E-state index contributed by atoms with van der Waals surface area (Å²) in [6, 6.07) is 0. The molecule has 0 unspecified atom stereocenters. The SMILES string of the molecule is CCn1c(C2CC2)nc(C2CCOCC2)c1N. The van der Waals surface area contributed by atoms with Crippen LogP contribution in [0.25, 0.3) is 0 Å². The van der Waals surface area contributed by atoms with Crippen molar-refractivity contribution >= 4 is 5.82 Å². The highest BCUT2D eigenvalue weighted by Gasteiger charge is 2.32. The molecule has 1 aromatic heterocycles. The van der Waals surface area contributed by atoms with E-state index in [1.807, 2.05) is 0 Å². The lowest BCUT2D eigenvalue weighted by atomic mass is 9.96. The van der Waals surface area contributed by atoms with Crippen molar-refractivity contribution in [2.45, 2.75) is 51.0 Å². The van der Waals surface area contributed by atoms with Crippen molar-refractivity contribution in [2.75, 3.05) is 18.9 Å². The summed E-state index contributed by atoms with van der Waals surface area (Å²) in [4.78, 5) is 4.85. The minimum Gasteiger partial charge on any atom is -0.384 e. The number of ether oxygens (including phenoxy) is 1. The van der Waals surface area contributed by atoms with Gasteiger partial charge in [0, 0.05) is 31.6 Å². The number of hydrogen-bond donors (Lipinski definition) is 1. The van der Waals surface area contributed by atoms with Gasteiger partial charge in [-0.15, -0.1) is 0 Å². The average Bonchev–Trinajstić information content (AvgIpc) is 3.15. The van der Waals surface area contributed by atoms with Crippen molar-refractivity contribution in [1.29, 1.82) is 0 Å². The quantitative estimate of drug-likeness (QED) is 0.874. The first-order valence-corrected chi connectivity index (χ1v) is 6.74. The fraction of sp³-hybridized carbons (Fsp3) is 0.769. The van der Waals surface area contributed by atoms with Gasteiger partial charge in [0.25, 0.3) is 0 Å². The molecule has 4 heteroatoms. The van der Waals surface area contributed by atoms with E-state index < -0.39 is 0 Å². The van der Waals surface area contributed by atoms with Gasteiger partial charge in [-0.1, -0.05) is 0 Å². The maximum absolute atomic E-state index is 6.27. The Labute approximate surface area is 102 Å². The van der Waals surface area contributed by atoms with Crippen LogP contribution in [0.15, 0.2) is 0 Å². The minimum absolute atomic E-state index is 0.508. The fourth-order valence-corrected chi connectivity index (χ4v) is 2.76. The molecule has 1 saturated carbocycles. The second-order valence-electron chi connectivity index (χ2n) is 5.15. The molecule has 4 nitrogen and oxygen atoms in total. The van der Waals surface area contributed by atoms with Crippen LogP contribution in [-0.2, 0) is 11.3 Å². The van der Waals surface area contributed by atoms with Gasteiger partial charge in [-0.05, 0) is 32.6 Å². The third-order valence-electron chi connectivity index (χ3n) is 3.93. The van der Waals surface area contributed by atoms with E-state index >= 15 is 0 Å². The summed E-state index contributed by atoms with van der Waals surface area (Å²) in [5, 5.41) is 0. The molecule has 2 N–H and O–H groups in total. The summed E-state index contributed by atoms with van der Waals surface area (Å²) in [5.41, 5.74) is 7.41. The lowest BCUT2D eigenvalue weighted by Gasteiger charge is -2.20. The summed E-state index contributed by atoms with van der Waals surface area (Å²) in [7, 11) is 0. The zero-order valence-electron chi connectivity index (χ0n) is 10.5. The van der Waals surface area contributed by atoms with E-state index in [9.17, 15) is 0 Å². The monoisotopic (exact) mass is 235 g/mol. The Hall–Kier alpha value is -1.03. The van der Waals surface area contributed by atoms with E-state index in [2.05, 4.69) is 11.5 Å². The van der Waals surface area contributed by atoms with Gasteiger partial charge in [0.1, 0.15) is 11.6 Å². The second kappa shape index (κ2) is 4.33. The van der Waals surface area contributed by atoms with E-state index in [0.717, 1.165) is 44.1 Å². The summed E-state index contributed by atoms with van der Waals surface area (Å²) in [5.74, 6) is 3.31. The Bertz CT molecular complexity index is 403. The molecule has 1 aliphatic heterocycles. The number of imidazole rings is 1. The fourth-order valence-electron chi connectivity index (χ4n) is 2.76. The van der Waals surface area contributed by atoms with E-state index in [-0.39, 0.29) is 0 Å². The Morgan fingerprint density at radius 2 is 1.94 bits per heavy atom. The third-order valence-corrected chi connectivity index (χ3v) is 3.93. The van der Waals surface area contributed by atoms with E-state index in [0.29, 0.717) is 11.8 Å². The molecule has 0 bridgehead atoms. The van der Waals surface area contributed by atoms with Crippen LogP contribution in [0.5, 0.6) is 0 Å². The van der Waals surface area contributed by atoms with Crippen LogP contribution in [0.4, 0.5) is 5.82 Å². The number of anilines is 1. The molecule has 0 atom stereocenters. The van der Waals surface area contributed by atoms with Gasteiger partial charge in [0.15, 0.2) is 0 Å². The molecule has 2 fully saturated rings.